The molecule has 1 aliphatic carbocycles. The number of aliphatic hydroxyl groups is 1. The van der Waals surface area contributed by atoms with Crippen LogP contribution in [0.5, 0.6) is 0 Å². The maximum absolute atomic E-state index is 12.8. The number of alkyl halides is 3. The molecule has 0 amide bonds. The van der Waals surface area contributed by atoms with Crippen LogP contribution in [0.4, 0.5) is 18.2 Å². The quantitative estimate of drug-likeness (QED) is 0.399. The van der Waals surface area contributed by atoms with Crippen molar-refractivity contribution in [3.8, 4) is 10.6 Å². The summed E-state index contributed by atoms with van der Waals surface area (Å²) in [6.07, 6.45) is -4.39. The van der Waals surface area contributed by atoms with Gasteiger partial charge in [-0.05, 0) is 36.1 Å². The number of rotatable bonds is 8. The van der Waals surface area contributed by atoms with E-state index in [9.17, 15) is 36.9 Å². The Morgan fingerprint density at radius 3 is 2.64 bits per heavy atom. The van der Waals surface area contributed by atoms with Gasteiger partial charge in [-0.15, -0.1) is 11.3 Å². The lowest BCUT2D eigenvalue weighted by Crippen LogP contribution is -2.46. The van der Waals surface area contributed by atoms with Gasteiger partial charge >= 0.3 is 12.1 Å². The number of nitrogens with zero attached hydrogens (tertiary/aromatic N) is 2. The Hall–Kier alpha value is -2.74. The highest BCUT2D eigenvalue weighted by atomic mass is 32.2. The van der Waals surface area contributed by atoms with Crippen molar-refractivity contribution < 1.29 is 41.5 Å². The molecular formula is C20H17F3N2O6S2. The summed E-state index contributed by atoms with van der Waals surface area (Å²) in [5.74, 6) is -3.24. The van der Waals surface area contributed by atoms with E-state index in [1.807, 2.05) is 0 Å². The number of anilines is 1. The van der Waals surface area contributed by atoms with Gasteiger partial charge in [0.2, 0.25) is 5.76 Å². The number of carboxylic acids is 1. The first-order valence-electron chi connectivity index (χ1n) is 9.57. The third-order valence-corrected chi connectivity index (χ3v) is 7.51. The molecule has 3 unspecified atom stereocenters. The van der Waals surface area contributed by atoms with Crippen molar-refractivity contribution in [3.63, 3.8) is 0 Å². The number of halogens is 3. The number of aliphatic carboxylic acids is 1. The Bertz CT molecular complexity index is 1210. The summed E-state index contributed by atoms with van der Waals surface area (Å²) in [6, 6.07) is 10.4. The molecular weight excluding hydrogens is 485 g/mol. The van der Waals surface area contributed by atoms with Crippen molar-refractivity contribution in [2.24, 2.45) is 0 Å². The number of carbonyl (C=O) groups is 1. The van der Waals surface area contributed by atoms with Crippen LogP contribution in [0, 0.1) is 0 Å². The minimum Gasteiger partial charge on any atom is -0.479 e. The molecule has 176 valence electrons. The molecule has 3 aromatic rings. The van der Waals surface area contributed by atoms with E-state index in [1.165, 1.54) is 12.1 Å². The Balaban J connectivity index is 1.71. The Labute approximate surface area is 191 Å². The van der Waals surface area contributed by atoms with E-state index in [0.29, 0.717) is 18.1 Å². The molecule has 0 spiro atoms. The van der Waals surface area contributed by atoms with Gasteiger partial charge in [-0.3, -0.25) is 4.55 Å². The molecule has 3 atom stereocenters. The number of benzene rings is 1. The smallest absolute Gasteiger partial charge is 0.452 e. The average molecular weight is 502 g/mol. The number of aromatic nitrogens is 1. The SMILES string of the molecule is O=C(O)C1(N(c2ccc(-c3cc(C(F)(F)F)on3)s2)S(=O)O)CC1c1ccccc1CCO. The van der Waals surface area contributed by atoms with E-state index in [0.717, 1.165) is 21.2 Å². The van der Waals surface area contributed by atoms with E-state index >= 15 is 0 Å². The fraction of sp³-hybridized carbons (Fsp3) is 0.300. The maximum Gasteiger partial charge on any atom is 0.452 e. The van der Waals surface area contributed by atoms with Crippen molar-refractivity contribution >= 4 is 33.6 Å². The fourth-order valence-electron chi connectivity index (χ4n) is 3.90. The van der Waals surface area contributed by atoms with Gasteiger partial charge in [-0.25, -0.2) is 13.3 Å². The zero-order chi connectivity index (χ0) is 24.0. The molecule has 1 saturated carbocycles. The molecule has 2 heterocycles. The molecule has 3 N–H and O–H groups in total. The molecule has 0 radical (unpaired) electrons. The van der Waals surface area contributed by atoms with Gasteiger partial charge in [0.05, 0.1) is 4.88 Å². The molecule has 8 nitrogen and oxygen atoms in total. The first-order chi connectivity index (χ1) is 15.6. The predicted molar refractivity (Wildman–Crippen MR) is 113 cm³/mol. The average Bonchev–Trinajstić information content (AvgIpc) is 3.08. The van der Waals surface area contributed by atoms with Gasteiger partial charge < -0.3 is 14.7 Å². The second kappa shape index (κ2) is 8.56. The van der Waals surface area contributed by atoms with Gasteiger partial charge in [0, 0.05) is 18.6 Å². The van der Waals surface area contributed by atoms with Crippen LogP contribution in [0.3, 0.4) is 0 Å². The largest absolute Gasteiger partial charge is 0.479 e. The van der Waals surface area contributed by atoms with Gasteiger partial charge in [-0.2, -0.15) is 13.2 Å². The first-order valence-corrected chi connectivity index (χ1v) is 11.4. The van der Waals surface area contributed by atoms with Gasteiger partial charge in [0.1, 0.15) is 10.7 Å². The second-order valence-corrected chi connectivity index (χ2v) is 9.28. The summed E-state index contributed by atoms with van der Waals surface area (Å²) in [5.41, 5.74) is -0.500. The standard InChI is InChI=1S/C20H17F3N2O6S2/c21-20(22,23)16-9-14(24-31-16)15-5-6-17(32-15)25(33(29)30)19(18(27)28)10-13(19)12-4-2-1-3-11(12)7-8-26/h1-6,9,13,26H,7-8,10H2,(H,27,28)(H,29,30). The molecule has 2 aromatic heterocycles. The number of hydrogen-bond acceptors (Lipinski definition) is 6. The van der Waals surface area contributed by atoms with Crippen molar-refractivity contribution in [2.45, 2.75) is 30.5 Å². The normalized spacial score (nSPS) is 21.1. The monoisotopic (exact) mass is 502 g/mol. The van der Waals surface area contributed by atoms with Crippen LogP contribution in [0.25, 0.3) is 10.6 Å². The lowest BCUT2D eigenvalue weighted by molar-refractivity contribution is -0.155. The summed E-state index contributed by atoms with van der Waals surface area (Å²) < 4.78 is 66.0. The lowest BCUT2D eigenvalue weighted by Gasteiger charge is -2.27. The Morgan fingerprint density at radius 1 is 1.30 bits per heavy atom. The highest BCUT2D eigenvalue weighted by molar-refractivity contribution is 7.81. The van der Waals surface area contributed by atoms with Crippen LogP contribution in [-0.2, 0) is 28.7 Å². The number of carboxylic acid groups (broad SMARTS) is 1. The van der Waals surface area contributed by atoms with E-state index in [-0.39, 0.29) is 28.6 Å². The molecule has 0 bridgehead atoms. The summed E-state index contributed by atoms with van der Waals surface area (Å²) >= 11 is -1.93. The summed E-state index contributed by atoms with van der Waals surface area (Å²) in [4.78, 5) is 12.6. The zero-order valence-electron chi connectivity index (χ0n) is 16.7. The Kier molecular flexibility index (Phi) is 6.07. The highest BCUT2D eigenvalue weighted by Crippen LogP contribution is 2.59. The van der Waals surface area contributed by atoms with Gasteiger partial charge in [0.25, 0.3) is 11.3 Å². The minimum absolute atomic E-state index is 0.0342. The molecule has 33 heavy (non-hydrogen) atoms. The van der Waals surface area contributed by atoms with Crippen molar-refractivity contribution in [1.29, 1.82) is 0 Å². The van der Waals surface area contributed by atoms with Crippen molar-refractivity contribution in [1.82, 2.24) is 5.16 Å². The van der Waals surface area contributed by atoms with Crippen LogP contribution in [0.15, 0.2) is 47.0 Å². The summed E-state index contributed by atoms with van der Waals surface area (Å²) in [5, 5.41) is 22.9. The highest BCUT2D eigenvalue weighted by Gasteiger charge is 2.67. The molecule has 13 heteroatoms. The van der Waals surface area contributed by atoms with E-state index in [2.05, 4.69) is 9.68 Å². The van der Waals surface area contributed by atoms with E-state index in [4.69, 9.17) is 0 Å². The Morgan fingerprint density at radius 2 is 2.03 bits per heavy atom. The molecule has 0 saturated heterocycles. The topological polar surface area (TPSA) is 124 Å². The summed E-state index contributed by atoms with van der Waals surface area (Å²) in [7, 11) is 0. The maximum atomic E-state index is 12.8. The third kappa shape index (κ3) is 4.16. The number of aliphatic hydroxyl groups excluding tert-OH is 1. The first kappa shape index (κ1) is 23.4. The van der Waals surface area contributed by atoms with Crippen LogP contribution in [-0.4, -0.2) is 42.2 Å². The lowest BCUT2D eigenvalue weighted by atomic mass is 9.98. The molecule has 4 rings (SSSR count). The number of thiophene rings is 1. The third-order valence-electron chi connectivity index (χ3n) is 5.47. The van der Waals surface area contributed by atoms with Crippen LogP contribution < -0.4 is 4.31 Å². The van der Waals surface area contributed by atoms with E-state index < -0.39 is 40.6 Å². The zero-order valence-corrected chi connectivity index (χ0v) is 18.3. The van der Waals surface area contributed by atoms with Crippen LogP contribution >= 0.6 is 11.3 Å². The molecule has 1 aliphatic rings. The minimum atomic E-state index is -4.72. The van der Waals surface area contributed by atoms with Gasteiger partial charge in [-0.1, -0.05) is 29.4 Å². The number of hydrogen-bond donors (Lipinski definition) is 3. The predicted octanol–water partition coefficient (Wildman–Crippen LogP) is 3.91. The molecule has 0 aliphatic heterocycles. The van der Waals surface area contributed by atoms with Gasteiger partial charge in [0.15, 0.2) is 5.54 Å². The fourth-order valence-corrected chi connectivity index (χ4v) is 5.92. The molecule has 1 aromatic carbocycles. The second-order valence-electron chi connectivity index (χ2n) is 7.40. The molecule has 1 fully saturated rings. The summed E-state index contributed by atoms with van der Waals surface area (Å²) in [6.45, 7) is -0.147. The van der Waals surface area contributed by atoms with Crippen molar-refractivity contribution in [2.75, 3.05) is 10.9 Å². The van der Waals surface area contributed by atoms with Crippen LogP contribution in [0.2, 0.25) is 0 Å². The van der Waals surface area contributed by atoms with Crippen molar-refractivity contribution in [3.05, 3.63) is 59.4 Å². The van der Waals surface area contributed by atoms with Crippen LogP contribution in [0.1, 0.15) is 29.2 Å². The van der Waals surface area contributed by atoms with E-state index in [1.54, 1.807) is 24.3 Å².